The molecule has 0 aliphatic rings. The number of unbranched alkanes of at least 4 members (excludes halogenated alkanes) is 30. The normalized spacial score (nSPS) is 14.4. The van der Waals surface area contributed by atoms with Crippen molar-refractivity contribution in [1.82, 2.24) is 5.32 Å². The van der Waals surface area contributed by atoms with Crippen LogP contribution in [0.3, 0.4) is 0 Å². The molecule has 8 nitrogen and oxygen atoms in total. The van der Waals surface area contributed by atoms with E-state index in [1.165, 1.54) is 161 Å². The van der Waals surface area contributed by atoms with E-state index >= 15 is 0 Å². The Morgan fingerprint density at radius 3 is 1.41 bits per heavy atom. The van der Waals surface area contributed by atoms with Crippen LogP contribution >= 0.6 is 7.82 Å². The first-order valence-corrected chi connectivity index (χ1v) is 28.5. The summed E-state index contributed by atoms with van der Waals surface area (Å²) in [5, 5.41) is 13.8. The molecule has 9 heteroatoms. The van der Waals surface area contributed by atoms with E-state index in [9.17, 15) is 19.4 Å². The molecule has 376 valence electrons. The lowest BCUT2D eigenvalue weighted by Gasteiger charge is -2.29. The number of aliphatic hydroxyl groups is 1. The second-order valence-electron chi connectivity index (χ2n) is 19.6. The maximum atomic E-state index is 12.9. The van der Waals surface area contributed by atoms with Crippen LogP contribution < -0.4 is 10.2 Å². The number of hydrogen-bond donors (Lipinski definition) is 2. The molecule has 0 aromatic heterocycles. The first-order chi connectivity index (χ1) is 31.0. The third kappa shape index (κ3) is 48.4. The number of carbonyl (C=O) groups excluding carboxylic acids is 1. The topological polar surface area (TPSA) is 108 Å². The van der Waals surface area contributed by atoms with Crippen LogP contribution in [0.25, 0.3) is 0 Å². The van der Waals surface area contributed by atoms with E-state index in [2.05, 4.69) is 55.6 Å². The standard InChI is InChI=1S/C55H105N2O6P/c1-6-8-10-12-14-16-18-20-22-23-24-25-26-27-28-29-30-31-32-33-34-35-36-38-40-42-44-46-48-54(58)53(52-63-64(60,61)62-51-50-57(3,4)5)56-55(59)49-47-45-43-41-39-37-21-19-17-15-13-11-9-7-2/h13,15,19,21,38,40,46,48,53-54,58H,6-12,14,16-18,20,22-37,39,41-45,47,49-52H2,1-5H3,(H-,56,59,60,61)/b15-13-,21-19-,40-38+,48-46+. The predicted octanol–water partition coefficient (Wildman–Crippen LogP) is 15.3. The monoisotopic (exact) mass is 921 g/mol. The van der Waals surface area contributed by atoms with Gasteiger partial charge < -0.3 is 28.8 Å². The Morgan fingerprint density at radius 1 is 0.547 bits per heavy atom. The van der Waals surface area contributed by atoms with Crippen LogP contribution in [0.5, 0.6) is 0 Å². The molecule has 2 N–H and O–H groups in total. The third-order valence-electron chi connectivity index (χ3n) is 12.0. The summed E-state index contributed by atoms with van der Waals surface area (Å²) < 4.78 is 23.3. The van der Waals surface area contributed by atoms with Gasteiger partial charge in [0.1, 0.15) is 13.2 Å². The van der Waals surface area contributed by atoms with Crippen molar-refractivity contribution in [3.8, 4) is 0 Å². The molecule has 64 heavy (non-hydrogen) atoms. The highest BCUT2D eigenvalue weighted by Gasteiger charge is 2.23. The number of nitrogens with one attached hydrogen (secondary N) is 1. The smallest absolute Gasteiger partial charge is 0.268 e. The maximum absolute atomic E-state index is 12.9. The van der Waals surface area contributed by atoms with E-state index in [0.717, 1.165) is 64.2 Å². The second-order valence-corrected chi connectivity index (χ2v) is 21.0. The highest BCUT2D eigenvalue weighted by molar-refractivity contribution is 7.45. The quantitative estimate of drug-likeness (QED) is 0.0272. The predicted molar refractivity (Wildman–Crippen MR) is 274 cm³/mol. The van der Waals surface area contributed by atoms with E-state index in [4.69, 9.17) is 9.05 Å². The zero-order chi connectivity index (χ0) is 47.1. The lowest BCUT2D eigenvalue weighted by atomic mass is 10.0. The van der Waals surface area contributed by atoms with E-state index in [1.807, 2.05) is 27.2 Å². The van der Waals surface area contributed by atoms with Gasteiger partial charge in [-0.15, -0.1) is 0 Å². The van der Waals surface area contributed by atoms with Gasteiger partial charge in [-0.2, -0.15) is 0 Å². The minimum absolute atomic E-state index is 0.0103. The first-order valence-electron chi connectivity index (χ1n) is 27.0. The van der Waals surface area contributed by atoms with Gasteiger partial charge in [-0.1, -0.05) is 229 Å². The summed E-state index contributed by atoms with van der Waals surface area (Å²) in [4.78, 5) is 25.4. The zero-order valence-corrected chi connectivity index (χ0v) is 43.6. The average molecular weight is 921 g/mol. The Kier molecular flexibility index (Phi) is 45.4. The van der Waals surface area contributed by atoms with Crippen molar-refractivity contribution in [3.05, 3.63) is 48.6 Å². The fraction of sp³-hybridized carbons (Fsp3) is 0.836. The number of rotatable bonds is 49. The van der Waals surface area contributed by atoms with Gasteiger partial charge in [0, 0.05) is 6.42 Å². The fourth-order valence-corrected chi connectivity index (χ4v) is 8.44. The number of nitrogens with zero attached hydrogens (tertiary/aromatic N) is 1. The molecule has 3 unspecified atom stereocenters. The number of phosphoric ester groups is 1. The largest absolute Gasteiger partial charge is 0.756 e. The summed E-state index contributed by atoms with van der Waals surface area (Å²) >= 11 is 0. The summed E-state index contributed by atoms with van der Waals surface area (Å²) in [6.07, 6.45) is 60.5. The third-order valence-corrected chi connectivity index (χ3v) is 13.0. The van der Waals surface area contributed by atoms with Gasteiger partial charge in [0.05, 0.1) is 39.9 Å². The summed E-state index contributed by atoms with van der Waals surface area (Å²) in [5.74, 6) is -0.221. The Balaban J connectivity index is 4.23. The van der Waals surface area contributed by atoms with E-state index < -0.39 is 26.6 Å². The lowest BCUT2D eigenvalue weighted by Crippen LogP contribution is -2.45. The Bertz CT molecular complexity index is 1180. The van der Waals surface area contributed by atoms with E-state index in [1.54, 1.807) is 6.08 Å². The summed E-state index contributed by atoms with van der Waals surface area (Å²) in [7, 11) is 1.23. The summed E-state index contributed by atoms with van der Waals surface area (Å²) in [6.45, 7) is 4.59. The van der Waals surface area contributed by atoms with Crippen molar-refractivity contribution in [2.45, 2.75) is 257 Å². The molecule has 1 amide bonds. The Morgan fingerprint density at radius 2 is 0.938 bits per heavy atom. The van der Waals surface area contributed by atoms with Gasteiger partial charge in [-0.05, 0) is 57.8 Å². The number of phosphoric acid groups is 1. The Labute approximate surface area is 397 Å². The van der Waals surface area contributed by atoms with Crippen LogP contribution in [0.4, 0.5) is 0 Å². The zero-order valence-electron chi connectivity index (χ0n) is 42.7. The molecule has 0 aliphatic heterocycles. The molecular formula is C55H105N2O6P. The van der Waals surface area contributed by atoms with Gasteiger partial charge in [0.25, 0.3) is 7.82 Å². The van der Waals surface area contributed by atoms with Crippen LogP contribution in [0, 0.1) is 0 Å². The van der Waals surface area contributed by atoms with Gasteiger partial charge in [-0.25, -0.2) is 0 Å². The number of hydrogen-bond acceptors (Lipinski definition) is 6. The average Bonchev–Trinajstić information content (AvgIpc) is 3.25. The van der Waals surface area contributed by atoms with Crippen molar-refractivity contribution < 1.29 is 32.9 Å². The van der Waals surface area contributed by atoms with Crippen LogP contribution in [0.2, 0.25) is 0 Å². The lowest BCUT2D eigenvalue weighted by molar-refractivity contribution is -0.870. The first kappa shape index (κ1) is 62.5. The number of carbonyl (C=O) groups is 1. The van der Waals surface area contributed by atoms with Crippen molar-refractivity contribution in [2.75, 3.05) is 40.9 Å². The van der Waals surface area contributed by atoms with Gasteiger partial charge in [-0.3, -0.25) is 9.36 Å². The molecule has 3 atom stereocenters. The van der Waals surface area contributed by atoms with Crippen LogP contribution in [0.15, 0.2) is 48.6 Å². The van der Waals surface area contributed by atoms with E-state index in [0.29, 0.717) is 17.4 Å². The second kappa shape index (κ2) is 46.6. The van der Waals surface area contributed by atoms with Crippen molar-refractivity contribution in [3.63, 3.8) is 0 Å². The minimum Gasteiger partial charge on any atom is -0.756 e. The molecule has 0 heterocycles. The van der Waals surface area contributed by atoms with Crippen LogP contribution in [-0.2, 0) is 18.4 Å². The number of amides is 1. The number of allylic oxidation sites excluding steroid dienone is 7. The molecule has 0 aliphatic carbocycles. The molecule has 0 aromatic carbocycles. The van der Waals surface area contributed by atoms with E-state index in [-0.39, 0.29) is 12.5 Å². The molecule has 0 radical (unpaired) electrons. The highest BCUT2D eigenvalue weighted by atomic mass is 31.2. The molecular weight excluding hydrogens is 816 g/mol. The van der Waals surface area contributed by atoms with Crippen molar-refractivity contribution in [2.24, 2.45) is 0 Å². The molecule has 0 saturated carbocycles. The van der Waals surface area contributed by atoms with Crippen LogP contribution in [-0.4, -0.2) is 68.5 Å². The Hall–Kier alpha value is -1.54. The number of quaternary nitrogens is 1. The van der Waals surface area contributed by atoms with Gasteiger partial charge in [0.15, 0.2) is 0 Å². The molecule has 0 spiro atoms. The molecule has 0 fully saturated rings. The SMILES string of the molecule is CCCC/C=C\C/C=C\CCCCCCCC(=O)NC(COP(=O)([O-])OCC[N+](C)(C)C)C(O)/C=C/CC/C=C/CCCCCCCCCCCCCCCCCCCCCCCC. The molecule has 0 saturated heterocycles. The van der Waals surface area contributed by atoms with Crippen LogP contribution in [0.1, 0.15) is 245 Å². The van der Waals surface area contributed by atoms with Crippen molar-refractivity contribution >= 4 is 13.7 Å². The number of aliphatic hydroxyl groups excluding tert-OH is 1. The highest BCUT2D eigenvalue weighted by Crippen LogP contribution is 2.38. The fourth-order valence-electron chi connectivity index (χ4n) is 7.72. The molecule has 0 bridgehead atoms. The van der Waals surface area contributed by atoms with Gasteiger partial charge in [0.2, 0.25) is 5.91 Å². The van der Waals surface area contributed by atoms with Gasteiger partial charge >= 0.3 is 0 Å². The number of likely N-dealkylation sites (N-methyl/N-ethyl adjacent to an activating group) is 1. The summed E-state index contributed by atoms with van der Waals surface area (Å²) in [6, 6.07) is -0.911. The maximum Gasteiger partial charge on any atom is 0.268 e. The minimum atomic E-state index is -4.61. The van der Waals surface area contributed by atoms with Crippen molar-refractivity contribution in [1.29, 1.82) is 0 Å². The molecule has 0 rings (SSSR count). The molecule has 0 aromatic rings. The summed E-state index contributed by atoms with van der Waals surface area (Å²) in [5.41, 5.74) is 0.